The van der Waals surface area contributed by atoms with Gasteiger partial charge in [-0.3, -0.25) is 4.98 Å². The van der Waals surface area contributed by atoms with Crippen molar-refractivity contribution in [2.24, 2.45) is 0 Å². The summed E-state index contributed by atoms with van der Waals surface area (Å²) >= 11 is 0. The molecular weight excluding hydrogens is 154 g/mol. The molecule has 2 aromatic heterocycles. The molecule has 0 atom stereocenters. The number of pyridine rings is 1. The molecule has 0 bridgehead atoms. The third-order valence-electron chi connectivity index (χ3n) is 1.51. The van der Waals surface area contributed by atoms with Crippen molar-refractivity contribution >= 4 is 0 Å². The molecule has 0 radical (unpaired) electrons. The molecule has 0 saturated carbocycles. The Morgan fingerprint density at radius 2 is 2.25 bits per heavy atom. The molecule has 0 unspecified atom stereocenters. The van der Waals surface area contributed by atoms with Gasteiger partial charge >= 0.3 is 0 Å². The van der Waals surface area contributed by atoms with Crippen molar-refractivity contribution in [3.8, 4) is 5.69 Å². The topological polar surface area (TPSA) is 56.5 Å². The largest absolute Gasteiger partial charge is 0.259 e. The van der Waals surface area contributed by atoms with E-state index in [1.54, 1.807) is 10.9 Å². The SMILES string of the molecule is Cc1ccc(-n2cnnn2)cn1. The van der Waals surface area contributed by atoms with Crippen LogP contribution in [0, 0.1) is 6.92 Å². The first-order valence-electron chi connectivity index (χ1n) is 3.52. The lowest BCUT2D eigenvalue weighted by molar-refractivity contribution is 0.785. The Morgan fingerprint density at radius 1 is 1.33 bits per heavy atom. The summed E-state index contributed by atoms with van der Waals surface area (Å²) in [6.45, 7) is 1.93. The highest BCUT2D eigenvalue weighted by Crippen LogP contribution is 2.02. The van der Waals surface area contributed by atoms with Crippen molar-refractivity contribution in [2.75, 3.05) is 0 Å². The fourth-order valence-corrected chi connectivity index (χ4v) is 0.875. The zero-order valence-electron chi connectivity index (χ0n) is 6.55. The molecule has 2 rings (SSSR count). The van der Waals surface area contributed by atoms with E-state index in [1.807, 2.05) is 19.1 Å². The molecule has 0 aliphatic rings. The van der Waals surface area contributed by atoms with Gasteiger partial charge in [0, 0.05) is 5.69 Å². The standard InChI is InChI=1S/C7H7N5/c1-6-2-3-7(4-8-6)12-5-9-10-11-12/h2-5H,1H3. The number of tetrazole rings is 1. The molecule has 0 aliphatic carbocycles. The Hall–Kier alpha value is -1.78. The molecule has 12 heavy (non-hydrogen) atoms. The number of rotatable bonds is 1. The summed E-state index contributed by atoms with van der Waals surface area (Å²) in [7, 11) is 0. The second-order valence-electron chi connectivity index (χ2n) is 2.41. The van der Waals surface area contributed by atoms with Crippen molar-refractivity contribution in [3.63, 3.8) is 0 Å². The van der Waals surface area contributed by atoms with Gasteiger partial charge in [-0.1, -0.05) is 0 Å². The van der Waals surface area contributed by atoms with Gasteiger partial charge in [-0.25, -0.2) is 0 Å². The minimum Gasteiger partial charge on any atom is -0.259 e. The van der Waals surface area contributed by atoms with Crippen LogP contribution in [0.25, 0.3) is 5.69 Å². The highest BCUT2D eigenvalue weighted by atomic mass is 15.5. The summed E-state index contributed by atoms with van der Waals surface area (Å²) in [6, 6.07) is 3.83. The molecule has 2 aromatic rings. The number of hydrogen-bond acceptors (Lipinski definition) is 4. The fraction of sp³-hybridized carbons (Fsp3) is 0.143. The maximum atomic E-state index is 4.12. The first kappa shape index (κ1) is 6.90. The average molecular weight is 161 g/mol. The van der Waals surface area contributed by atoms with Crippen LogP contribution in [-0.4, -0.2) is 25.2 Å². The molecule has 5 nitrogen and oxygen atoms in total. The van der Waals surface area contributed by atoms with Gasteiger partial charge in [0.25, 0.3) is 0 Å². The molecule has 2 heterocycles. The van der Waals surface area contributed by atoms with Gasteiger partial charge in [0.15, 0.2) is 0 Å². The lowest BCUT2D eigenvalue weighted by Crippen LogP contribution is -1.95. The maximum Gasteiger partial charge on any atom is 0.143 e. The summed E-state index contributed by atoms with van der Waals surface area (Å²) < 4.78 is 1.56. The predicted molar refractivity (Wildman–Crippen MR) is 41.7 cm³/mol. The summed E-state index contributed by atoms with van der Waals surface area (Å²) in [6.07, 6.45) is 3.26. The van der Waals surface area contributed by atoms with Crippen LogP contribution < -0.4 is 0 Å². The van der Waals surface area contributed by atoms with Crippen molar-refractivity contribution in [1.82, 2.24) is 25.2 Å². The van der Waals surface area contributed by atoms with Gasteiger partial charge in [0.1, 0.15) is 6.33 Å². The Balaban J connectivity index is 2.43. The van der Waals surface area contributed by atoms with Crippen LogP contribution in [0.1, 0.15) is 5.69 Å². The van der Waals surface area contributed by atoms with Crippen LogP contribution in [0.3, 0.4) is 0 Å². The van der Waals surface area contributed by atoms with E-state index < -0.39 is 0 Å². The zero-order chi connectivity index (χ0) is 8.39. The quantitative estimate of drug-likeness (QED) is 0.606. The van der Waals surface area contributed by atoms with E-state index in [0.29, 0.717) is 0 Å². The second-order valence-corrected chi connectivity index (χ2v) is 2.41. The summed E-state index contributed by atoms with van der Waals surface area (Å²) in [5.74, 6) is 0. The molecule has 0 fully saturated rings. The predicted octanol–water partition coefficient (Wildman–Crippen LogP) is 0.366. The number of nitrogens with zero attached hydrogens (tertiary/aromatic N) is 5. The lowest BCUT2D eigenvalue weighted by Gasteiger charge is -1.97. The van der Waals surface area contributed by atoms with Crippen LogP contribution in [0.2, 0.25) is 0 Å². The molecule has 0 aliphatic heterocycles. The van der Waals surface area contributed by atoms with E-state index in [2.05, 4.69) is 20.5 Å². The molecule has 5 heteroatoms. The van der Waals surface area contributed by atoms with Crippen LogP contribution in [-0.2, 0) is 0 Å². The second kappa shape index (κ2) is 2.69. The van der Waals surface area contributed by atoms with E-state index in [0.717, 1.165) is 11.4 Å². The zero-order valence-corrected chi connectivity index (χ0v) is 6.55. The Kier molecular flexibility index (Phi) is 1.55. The smallest absolute Gasteiger partial charge is 0.143 e. The van der Waals surface area contributed by atoms with Gasteiger partial charge in [0.05, 0.1) is 11.9 Å². The van der Waals surface area contributed by atoms with Crippen molar-refractivity contribution in [3.05, 3.63) is 30.4 Å². The molecule has 0 amide bonds. The van der Waals surface area contributed by atoms with Gasteiger partial charge in [-0.05, 0) is 29.5 Å². The molecule has 60 valence electrons. The van der Waals surface area contributed by atoms with Crippen LogP contribution >= 0.6 is 0 Å². The van der Waals surface area contributed by atoms with E-state index in [1.165, 1.54) is 6.33 Å². The highest BCUT2D eigenvalue weighted by molar-refractivity contribution is 5.26. The number of hydrogen-bond donors (Lipinski definition) is 0. The van der Waals surface area contributed by atoms with Gasteiger partial charge in [-0.15, -0.1) is 5.10 Å². The van der Waals surface area contributed by atoms with E-state index in [-0.39, 0.29) is 0 Å². The van der Waals surface area contributed by atoms with E-state index in [4.69, 9.17) is 0 Å². The third-order valence-corrected chi connectivity index (χ3v) is 1.51. The Morgan fingerprint density at radius 3 is 2.83 bits per heavy atom. The fourth-order valence-electron chi connectivity index (χ4n) is 0.875. The molecular formula is C7H7N5. The van der Waals surface area contributed by atoms with Gasteiger partial charge in [-0.2, -0.15) is 4.68 Å². The average Bonchev–Trinajstić information content (AvgIpc) is 2.58. The minimum atomic E-state index is 0.866. The summed E-state index contributed by atoms with van der Waals surface area (Å²) in [5, 5.41) is 10.8. The van der Waals surface area contributed by atoms with Crippen LogP contribution in [0.15, 0.2) is 24.7 Å². The lowest BCUT2D eigenvalue weighted by atomic mass is 10.3. The van der Waals surface area contributed by atoms with Crippen molar-refractivity contribution in [1.29, 1.82) is 0 Å². The molecule has 0 spiro atoms. The van der Waals surface area contributed by atoms with Crippen LogP contribution in [0.4, 0.5) is 0 Å². The monoisotopic (exact) mass is 161 g/mol. The van der Waals surface area contributed by atoms with E-state index in [9.17, 15) is 0 Å². The summed E-state index contributed by atoms with van der Waals surface area (Å²) in [4.78, 5) is 4.12. The molecule has 0 saturated heterocycles. The van der Waals surface area contributed by atoms with Crippen LogP contribution in [0.5, 0.6) is 0 Å². The summed E-state index contributed by atoms with van der Waals surface area (Å²) in [5.41, 5.74) is 1.84. The minimum absolute atomic E-state index is 0.866. The molecule has 0 aromatic carbocycles. The van der Waals surface area contributed by atoms with Crippen molar-refractivity contribution < 1.29 is 0 Å². The van der Waals surface area contributed by atoms with E-state index >= 15 is 0 Å². The number of aryl methyl sites for hydroxylation is 1. The maximum absolute atomic E-state index is 4.12. The van der Waals surface area contributed by atoms with Gasteiger partial charge in [0.2, 0.25) is 0 Å². The number of aromatic nitrogens is 5. The highest BCUT2D eigenvalue weighted by Gasteiger charge is 1.95. The first-order valence-corrected chi connectivity index (χ1v) is 3.52. The third kappa shape index (κ3) is 1.16. The van der Waals surface area contributed by atoms with Crippen molar-refractivity contribution in [2.45, 2.75) is 6.92 Å². The van der Waals surface area contributed by atoms with Gasteiger partial charge < -0.3 is 0 Å². The Bertz CT molecular complexity index is 350. The first-order chi connectivity index (χ1) is 5.86. The molecule has 0 N–H and O–H groups in total. The normalized spacial score (nSPS) is 10.1. The Labute approximate surface area is 69.1 Å².